The van der Waals surface area contributed by atoms with E-state index in [1.54, 1.807) is 23.5 Å². The molecule has 0 aliphatic rings. The molecule has 0 amide bonds. The smallest absolute Gasteiger partial charge is 0.269 e. The molecule has 0 saturated heterocycles. The van der Waals surface area contributed by atoms with Crippen LogP contribution in [0.3, 0.4) is 0 Å². The Bertz CT molecular complexity index is 569. The lowest BCUT2D eigenvalue weighted by atomic mass is 10.0. The third-order valence-electron chi connectivity index (χ3n) is 3.31. The van der Waals surface area contributed by atoms with Crippen molar-refractivity contribution in [2.24, 2.45) is 0 Å². The van der Waals surface area contributed by atoms with E-state index in [1.807, 2.05) is 12.1 Å². The van der Waals surface area contributed by atoms with E-state index in [-0.39, 0.29) is 22.7 Å². The summed E-state index contributed by atoms with van der Waals surface area (Å²) in [6, 6.07) is 11.4. The molecular formula is C15H18N2O2S. The van der Waals surface area contributed by atoms with Crippen molar-refractivity contribution < 1.29 is 4.92 Å². The monoisotopic (exact) mass is 290 g/mol. The molecule has 1 N–H and O–H groups in total. The number of nitro groups is 1. The Labute approximate surface area is 122 Å². The zero-order valence-corrected chi connectivity index (χ0v) is 12.4. The highest BCUT2D eigenvalue weighted by Gasteiger charge is 2.16. The van der Waals surface area contributed by atoms with Crippen molar-refractivity contribution in [2.45, 2.75) is 32.4 Å². The van der Waals surface area contributed by atoms with E-state index in [1.165, 1.54) is 10.9 Å². The first-order chi connectivity index (χ1) is 9.61. The highest BCUT2D eigenvalue weighted by atomic mass is 32.1. The molecule has 0 bridgehead atoms. The predicted octanol–water partition coefficient (Wildman–Crippen LogP) is 4.46. The van der Waals surface area contributed by atoms with Crippen molar-refractivity contribution in [1.82, 2.24) is 5.32 Å². The number of hydrogen-bond acceptors (Lipinski definition) is 4. The van der Waals surface area contributed by atoms with Crippen LogP contribution in [0.5, 0.6) is 0 Å². The summed E-state index contributed by atoms with van der Waals surface area (Å²) in [4.78, 5) is 11.8. The summed E-state index contributed by atoms with van der Waals surface area (Å²) in [7, 11) is 0. The third kappa shape index (κ3) is 3.43. The number of hydrogen-bond donors (Lipinski definition) is 1. The Balaban J connectivity index is 2.15. The number of nitro benzene ring substituents is 1. The first kappa shape index (κ1) is 14.7. The van der Waals surface area contributed by atoms with Gasteiger partial charge >= 0.3 is 0 Å². The van der Waals surface area contributed by atoms with Gasteiger partial charge in [0.1, 0.15) is 0 Å². The molecule has 2 atom stereocenters. The summed E-state index contributed by atoms with van der Waals surface area (Å²) < 4.78 is 0. The van der Waals surface area contributed by atoms with Crippen LogP contribution < -0.4 is 5.32 Å². The summed E-state index contributed by atoms with van der Waals surface area (Å²) in [5.74, 6) is 0. The molecule has 106 valence electrons. The van der Waals surface area contributed by atoms with Gasteiger partial charge in [0.25, 0.3) is 5.69 Å². The van der Waals surface area contributed by atoms with Gasteiger partial charge in [-0.15, -0.1) is 11.3 Å². The molecule has 4 nitrogen and oxygen atoms in total. The molecule has 0 fully saturated rings. The maximum Gasteiger partial charge on any atom is 0.269 e. The minimum atomic E-state index is -0.348. The number of rotatable bonds is 6. The van der Waals surface area contributed by atoms with Crippen LogP contribution in [0.15, 0.2) is 41.8 Å². The van der Waals surface area contributed by atoms with E-state index >= 15 is 0 Å². The lowest BCUT2D eigenvalue weighted by Crippen LogP contribution is -2.23. The summed E-state index contributed by atoms with van der Waals surface area (Å²) in [5.41, 5.74) is 1.11. The molecule has 1 unspecified atom stereocenters. The molecule has 5 heteroatoms. The fraction of sp³-hybridized carbons (Fsp3) is 0.333. The molecule has 0 aliphatic carbocycles. The van der Waals surface area contributed by atoms with Gasteiger partial charge in [-0.1, -0.05) is 25.1 Å². The largest absolute Gasteiger partial charge is 0.303 e. The second-order valence-electron chi connectivity index (χ2n) is 4.72. The number of nitrogens with one attached hydrogen (secondary N) is 1. The Morgan fingerprint density at radius 2 is 2.15 bits per heavy atom. The standard InChI is InChI=1S/C15H18N2O2S/c1-3-14(16-11(2)15-8-5-9-20-15)12-6-4-7-13(10-12)17(18)19/h4-11,14,16H,3H2,1-2H3/t11-,14?/m1/s1. The van der Waals surface area contributed by atoms with Gasteiger partial charge < -0.3 is 5.32 Å². The number of non-ortho nitro benzene ring substituents is 1. The van der Waals surface area contributed by atoms with E-state index < -0.39 is 0 Å². The molecule has 1 aromatic heterocycles. The van der Waals surface area contributed by atoms with Gasteiger partial charge in [0.2, 0.25) is 0 Å². The van der Waals surface area contributed by atoms with Gasteiger partial charge in [-0.3, -0.25) is 10.1 Å². The Morgan fingerprint density at radius 1 is 1.35 bits per heavy atom. The topological polar surface area (TPSA) is 55.2 Å². The highest BCUT2D eigenvalue weighted by Crippen LogP contribution is 2.26. The van der Waals surface area contributed by atoms with Crippen LogP contribution in [-0.2, 0) is 0 Å². The quantitative estimate of drug-likeness (QED) is 0.631. The molecule has 20 heavy (non-hydrogen) atoms. The van der Waals surface area contributed by atoms with Crippen LogP contribution in [0, 0.1) is 10.1 Å². The van der Waals surface area contributed by atoms with E-state index in [9.17, 15) is 10.1 Å². The average Bonchev–Trinajstić information content (AvgIpc) is 2.99. The van der Waals surface area contributed by atoms with Crippen molar-refractivity contribution in [1.29, 1.82) is 0 Å². The number of thiophene rings is 1. The minimum Gasteiger partial charge on any atom is -0.303 e. The molecule has 0 radical (unpaired) electrons. The Kier molecular flexibility index (Phi) is 4.87. The molecule has 2 rings (SSSR count). The fourth-order valence-electron chi connectivity index (χ4n) is 2.23. The van der Waals surface area contributed by atoms with Crippen molar-refractivity contribution >= 4 is 17.0 Å². The van der Waals surface area contributed by atoms with Crippen LogP contribution in [0.2, 0.25) is 0 Å². The van der Waals surface area contributed by atoms with Gasteiger partial charge in [-0.2, -0.15) is 0 Å². The molecule has 1 heterocycles. The van der Waals surface area contributed by atoms with Crippen LogP contribution in [0.4, 0.5) is 5.69 Å². The SMILES string of the molecule is CCC(N[C@H](C)c1cccs1)c1cccc([N+](=O)[O-])c1. The van der Waals surface area contributed by atoms with Crippen LogP contribution in [0.25, 0.3) is 0 Å². The van der Waals surface area contributed by atoms with Crippen LogP contribution >= 0.6 is 11.3 Å². The lowest BCUT2D eigenvalue weighted by molar-refractivity contribution is -0.384. The summed E-state index contributed by atoms with van der Waals surface area (Å²) >= 11 is 1.72. The zero-order chi connectivity index (χ0) is 14.5. The molecule has 0 saturated carbocycles. The molecule has 1 aromatic carbocycles. The Hall–Kier alpha value is -1.72. The van der Waals surface area contributed by atoms with E-state index in [0.717, 1.165) is 12.0 Å². The fourth-order valence-corrected chi connectivity index (χ4v) is 2.97. The maximum absolute atomic E-state index is 10.9. The third-order valence-corrected chi connectivity index (χ3v) is 4.37. The van der Waals surface area contributed by atoms with Gasteiger partial charge in [0, 0.05) is 29.1 Å². The lowest BCUT2D eigenvalue weighted by Gasteiger charge is -2.22. The first-order valence-electron chi connectivity index (χ1n) is 6.65. The van der Waals surface area contributed by atoms with Crippen LogP contribution in [0.1, 0.15) is 42.8 Å². The summed E-state index contributed by atoms with van der Waals surface area (Å²) in [6.07, 6.45) is 0.886. The Morgan fingerprint density at radius 3 is 2.75 bits per heavy atom. The average molecular weight is 290 g/mol. The van der Waals surface area contributed by atoms with Gasteiger partial charge in [0.05, 0.1) is 4.92 Å². The zero-order valence-electron chi connectivity index (χ0n) is 11.6. The second-order valence-corrected chi connectivity index (χ2v) is 5.70. The molecular weight excluding hydrogens is 272 g/mol. The molecule has 0 spiro atoms. The van der Waals surface area contributed by atoms with E-state index in [4.69, 9.17) is 0 Å². The molecule has 0 aliphatic heterocycles. The summed E-state index contributed by atoms with van der Waals surface area (Å²) in [6.45, 7) is 4.20. The highest BCUT2D eigenvalue weighted by molar-refractivity contribution is 7.10. The van der Waals surface area contributed by atoms with E-state index in [0.29, 0.717) is 0 Å². The number of benzene rings is 1. The minimum absolute atomic E-state index is 0.118. The summed E-state index contributed by atoms with van der Waals surface area (Å²) in [5, 5.41) is 16.5. The molecule has 2 aromatic rings. The van der Waals surface area contributed by atoms with Crippen molar-refractivity contribution in [3.63, 3.8) is 0 Å². The second kappa shape index (κ2) is 6.63. The first-order valence-corrected chi connectivity index (χ1v) is 7.53. The van der Waals surface area contributed by atoms with Crippen molar-refractivity contribution in [2.75, 3.05) is 0 Å². The maximum atomic E-state index is 10.9. The van der Waals surface area contributed by atoms with Crippen LogP contribution in [-0.4, -0.2) is 4.92 Å². The van der Waals surface area contributed by atoms with E-state index in [2.05, 4.69) is 30.6 Å². The van der Waals surface area contributed by atoms with Crippen molar-refractivity contribution in [3.05, 3.63) is 62.3 Å². The van der Waals surface area contributed by atoms with Crippen molar-refractivity contribution in [3.8, 4) is 0 Å². The van der Waals surface area contributed by atoms with Gasteiger partial charge in [-0.05, 0) is 30.4 Å². The van der Waals surface area contributed by atoms with Gasteiger partial charge in [0.15, 0.2) is 0 Å². The van der Waals surface area contributed by atoms with Gasteiger partial charge in [-0.25, -0.2) is 0 Å². The predicted molar refractivity (Wildman–Crippen MR) is 82.0 cm³/mol. The number of nitrogens with zero attached hydrogens (tertiary/aromatic N) is 1. The normalized spacial score (nSPS) is 13.9.